The molecule has 0 radical (unpaired) electrons. The van der Waals surface area contributed by atoms with Gasteiger partial charge >= 0.3 is 0 Å². The first-order valence-corrected chi connectivity index (χ1v) is 5.49. The fraction of sp³-hybridized carbons (Fsp3) is 0.308. The van der Waals surface area contributed by atoms with Crippen LogP contribution in [0.5, 0.6) is 5.75 Å². The summed E-state index contributed by atoms with van der Waals surface area (Å²) in [6, 6.07) is 4.00. The molecule has 1 aromatic rings. The molecule has 0 aliphatic carbocycles. The molecule has 1 atom stereocenters. The average Bonchev–Trinajstić information content (AvgIpc) is 2.37. The number of hydrogen-bond acceptors (Lipinski definition) is 3. The molecular formula is C13H16FNO3. The molecule has 98 valence electrons. The molecule has 2 N–H and O–H groups in total. The van der Waals surface area contributed by atoms with Crippen molar-refractivity contribution in [2.75, 3.05) is 13.7 Å². The first-order chi connectivity index (χ1) is 8.56. The molecule has 1 amide bonds. The molecule has 0 aromatic heterocycles. The van der Waals surface area contributed by atoms with Gasteiger partial charge in [0.25, 0.3) is 0 Å². The Morgan fingerprint density at radius 1 is 1.61 bits per heavy atom. The number of halogens is 1. The Labute approximate surface area is 105 Å². The highest BCUT2D eigenvalue weighted by atomic mass is 19.1. The minimum absolute atomic E-state index is 0.121. The monoisotopic (exact) mass is 253 g/mol. The van der Waals surface area contributed by atoms with Gasteiger partial charge in [0.05, 0.1) is 13.7 Å². The van der Waals surface area contributed by atoms with Crippen LogP contribution >= 0.6 is 0 Å². The molecule has 0 aliphatic rings. The lowest BCUT2D eigenvalue weighted by atomic mass is 10.2. The van der Waals surface area contributed by atoms with Crippen molar-refractivity contribution in [2.45, 2.75) is 13.0 Å². The van der Waals surface area contributed by atoms with E-state index >= 15 is 0 Å². The van der Waals surface area contributed by atoms with Gasteiger partial charge in [0.2, 0.25) is 5.91 Å². The highest BCUT2D eigenvalue weighted by Crippen LogP contribution is 2.18. The molecule has 0 unspecified atom stereocenters. The van der Waals surface area contributed by atoms with Gasteiger partial charge in [-0.15, -0.1) is 0 Å². The summed E-state index contributed by atoms with van der Waals surface area (Å²) in [5, 5.41) is 11.3. The Bertz CT molecular complexity index is 446. The molecule has 18 heavy (non-hydrogen) atoms. The van der Waals surface area contributed by atoms with Gasteiger partial charge in [-0.3, -0.25) is 4.79 Å². The van der Waals surface area contributed by atoms with Crippen molar-refractivity contribution in [3.8, 4) is 5.75 Å². The second kappa shape index (κ2) is 6.76. The van der Waals surface area contributed by atoms with E-state index in [0.717, 1.165) is 0 Å². The SMILES string of the molecule is COc1cc(/C=C/C(=O)N[C@@H](C)CO)ccc1F. The van der Waals surface area contributed by atoms with Crippen molar-refractivity contribution >= 4 is 12.0 Å². The molecule has 0 fully saturated rings. The number of nitrogens with one attached hydrogen (secondary N) is 1. The Hall–Kier alpha value is -1.88. The van der Waals surface area contributed by atoms with Crippen molar-refractivity contribution in [1.82, 2.24) is 5.32 Å². The Kier molecular flexibility index (Phi) is 5.32. The van der Waals surface area contributed by atoms with E-state index in [0.29, 0.717) is 5.56 Å². The second-order valence-corrected chi connectivity index (χ2v) is 3.82. The van der Waals surface area contributed by atoms with Crippen LogP contribution in [-0.4, -0.2) is 30.8 Å². The number of ether oxygens (including phenoxy) is 1. The maximum absolute atomic E-state index is 13.1. The molecule has 4 nitrogen and oxygen atoms in total. The molecule has 1 rings (SSSR count). The number of carbonyl (C=O) groups is 1. The van der Waals surface area contributed by atoms with Gasteiger partial charge in [-0.25, -0.2) is 4.39 Å². The normalized spacial score (nSPS) is 12.4. The van der Waals surface area contributed by atoms with Crippen molar-refractivity contribution in [3.05, 3.63) is 35.7 Å². The summed E-state index contributed by atoms with van der Waals surface area (Å²) in [5.41, 5.74) is 0.653. The van der Waals surface area contributed by atoms with Crippen LogP contribution < -0.4 is 10.1 Å². The number of hydrogen-bond donors (Lipinski definition) is 2. The molecule has 0 saturated carbocycles. The fourth-order valence-corrected chi connectivity index (χ4v) is 1.29. The second-order valence-electron chi connectivity index (χ2n) is 3.82. The first-order valence-electron chi connectivity index (χ1n) is 5.49. The van der Waals surface area contributed by atoms with Crippen LogP contribution in [0.4, 0.5) is 4.39 Å². The summed E-state index contributed by atoms with van der Waals surface area (Å²) in [5.74, 6) is -0.644. The molecule has 0 saturated heterocycles. The smallest absolute Gasteiger partial charge is 0.244 e. The van der Waals surface area contributed by atoms with E-state index in [1.54, 1.807) is 13.0 Å². The van der Waals surface area contributed by atoms with Crippen LogP contribution in [0.3, 0.4) is 0 Å². The van der Waals surface area contributed by atoms with Crippen LogP contribution in [-0.2, 0) is 4.79 Å². The van der Waals surface area contributed by atoms with Crippen molar-refractivity contribution in [2.24, 2.45) is 0 Å². The van der Waals surface area contributed by atoms with Crippen LogP contribution in [0.2, 0.25) is 0 Å². The third kappa shape index (κ3) is 4.18. The van der Waals surface area contributed by atoms with Gasteiger partial charge in [0.1, 0.15) is 0 Å². The molecule has 0 spiro atoms. The van der Waals surface area contributed by atoms with Crippen molar-refractivity contribution < 1.29 is 19.0 Å². The van der Waals surface area contributed by atoms with Gasteiger partial charge in [0.15, 0.2) is 11.6 Å². The minimum atomic E-state index is -0.451. The molecule has 0 bridgehead atoms. The van der Waals surface area contributed by atoms with E-state index in [9.17, 15) is 9.18 Å². The lowest BCUT2D eigenvalue weighted by Gasteiger charge is -2.07. The summed E-state index contributed by atoms with van der Waals surface area (Å²) in [6.07, 6.45) is 2.86. The number of rotatable bonds is 5. The molecule has 5 heteroatoms. The van der Waals surface area contributed by atoms with Gasteiger partial charge in [-0.2, -0.15) is 0 Å². The lowest BCUT2D eigenvalue weighted by Crippen LogP contribution is -2.33. The third-order valence-corrected chi connectivity index (χ3v) is 2.26. The summed E-state index contributed by atoms with van der Waals surface area (Å²) in [4.78, 5) is 11.4. The van der Waals surface area contributed by atoms with Crippen LogP contribution in [0.25, 0.3) is 6.08 Å². The maximum Gasteiger partial charge on any atom is 0.244 e. The molecule has 0 aliphatic heterocycles. The Balaban J connectivity index is 2.69. The summed E-state index contributed by atoms with van der Waals surface area (Å²) in [6.45, 7) is 1.57. The molecule has 0 heterocycles. The van der Waals surface area contributed by atoms with Crippen LogP contribution in [0, 0.1) is 5.82 Å². The summed E-state index contributed by atoms with van der Waals surface area (Å²) < 4.78 is 18.0. The standard InChI is InChI=1S/C13H16FNO3/c1-9(8-16)15-13(17)6-4-10-3-5-11(14)12(7-10)18-2/h3-7,9,16H,8H2,1-2H3,(H,15,17)/b6-4+/t9-/m0/s1. The third-order valence-electron chi connectivity index (χ3n) is 2.26. The summed E-state index contributed by atoms with van der Waals surface area (Å²) >= 11 is 0. The summed E-state index contributed by atoms with van der Waals surface area (Å²) in [7, 11) is 1.38. The number of aliphatic hydroxyl groups is 1. The number of methoxy groups -OCH3 is 1. The maximum atomic E-state index is 13.1. The van der Waals surface area contributed by atoms with E-state index in [-0.39, 0.29) is 24.3 Å². The topological polar surface area (TPSA) is 58.6 Å². The van der Waals surface area contributed by atoms with E-state index in [1.165, 1.54) is 31.4 Å². The predicted octanol–water partition coefficient (Wildman–Crippen LogP) is 1.34. The predicted molar refractivity (Wildman–Crippen MR) is 66.7 cm³/mol. The fourth-order valence-electron chi connectivity index (χ4n) is 1.29. The Morgan fingerprint density at radius 3 is 2.94 bits per heavy atom. The minimum Gasteiger partial charge on any atom is -0.494 e. The van der Waals surface area contributed by atoms with E-state index < -0.39 is 5.82 Å². The first kappa shape index (κ1) is 14.2. The van der Waals surface area contributed by atoms with Crippen molar-refractivity contribution in [1.29, 1.82) is 0 Å². The van der Waals surface area contributed by atoms with E-state index in [2.05, 4.69) is 5.32 Å². The van der Waals surface area contributed by atoms with Crippen LogP contribution in [0.15, 0.2) is 24.3 Å². The zero-order valence-electron chi connectivity index (χ0n) is 10.3. The number of amides is 1. The number of carbonyl (C=O) groups excluding carboxylic acids is 1. The van der Waals surface area contributed by atoms with E-state index in [1.807, 2.05) is 0 Å². The molecule has 1 aromatic carbocycles. The zero-order valence-corrected chi connectivity index (χ0v) is 10.3. The highest BCUT2D eigenvalue weighted by molar-refractivity contribution is 5.91. The average molecular weight is 253 g/mol. The highest BCUT2D eigenvalue weighted by Gasteiger charge is 2.04. The largest absolute Gasteiger partial charge is 0.494 e. The van der Waals surface area contributed by atoms with Crippen molar-refractivity contribution in [3.63, 3.8) is 0 Å². The van der Waals surface area contributed by atoms with Gasteiger partial charge in [0, 0.05) is 12.1 Å². The van der Waals surface area contributed by atoms with Gasteiger partial charge < -0.3 is 15.2 Å². The number of benzene rings is 1. The molecular weight excluding hydrogens is 237 g/mol. The lowest BCUT2D eigenvalue weighted by molar-refractivity contribution is -0.117. The van der Waals surface area contributed by atoms with Gasteiger partial charge in [-0.1, -0.05) is 6.07 Å². The number of aliphatic hydroxyl groups excluding tert-OH is 1. The Morgan fingerprint density at radius 2 is 2.33 bits per heavy atom. The van der Waals surface area contributed by atoms with Gasteiger partial charge in [-0.05, 0) is 30.7 Å². The van der Waals surface area contributed by atoms with Crippen LogP contribution in [0.1, 0.15) is 12.5 Å². The quantitative estimate of drug-likeness (QED) is 0.779. The van der Waals surface area contributed by atoms with E-state index in [4.69, 9.17) is 9.84 Å². The zero-order chi connectivity index (χ0) is 13.5.